The second kappa shape index (κ2) is 7.88. The SMILES string of the molecule is COC(=O)C(Cc1c[nH]c2ccc(Br)cc12)NC(=O)c1cc(Cl)ccn1. The Morgan fingerprint density at radius 2 is 2.15 bits per heavy atom. The number of pyridine rings is 1. The fraction of sp³-hybridized carbons (Fsp3) is 0.167. The number of rotatable bonds is 5. The lowest BCUT2D eigenvalue weighted by atomic mass is 10.0. The number of aromatic amines is 1. The van der Waals surface area contributed by atoms with Crippen LogP contribution in [0.5, 0.6) is 0 Å². The predicted octanol–water partition coefficient (Wildman–Crippen LogP) is 3.49. The number of carbonyl (C=O) groups excluding carboxylic acids is 2. The van der Waals surface area contributed by atoms with Crippen LogP contribution in [0.25, 0.3) is 10.9 Å². The van der Waals surface area contributed by atoms with Crippen LogP contribution in [0, 0.1) is 0 Å². The van der Waals surface area contributed by atoms with E-state index in [1.807, 2.05) is 24.4 Å². The summed E-state index contributed by atoms with van der Waals surface area (Å²) in [5.41, 5.74) is 1.96. The van der Waals surface area contributed by atoms with Crippen LogP contribution in [0.1, 0.15) is 16.1 Å². The summed E-state index contributed by atoms with van der Waals surface area (Å²) < 4.78 is 5.76. The molecule has 0 aliphatic heterocycles. The molecule has 1 aromatic carbocycles. The van der Waals surface area contributed by atoms with E-state index in [0.29, 0.717) is 5.02 Å². The highest BCUT2D eigenvalue weighted by Crippen LogP contribution is 2.24. The van der Waals surface area contributed by atoms with Crippen LogP contribution in [0.4, 0.5) is 0 Å². The Morgan fingerprint density at radius 3 is 2.88 bits per heavy atom. The Balaban J connectivity index is 1.85. The van der Waals surface area contributed by atoms with Gasteiger partial charge in [-0.2, -0.15) is 0 Å². The molecule has 6 nitrogen and oxygen atoms in total. The molecule has 0 radical (unpaired) electrons. The van der Waals surface area contributed by atoms with Crippen LogP contribution >= 0.6 is 27.5 Å². The molecule has 0 fully saturated rings. The first-order valence-corrected chi connectivity index (χ1v) is 8.91. The van der Waals surface area contributed by atoms with Crippen molar-refractivity contribution in [3.05, 3.63) is 63.5 Å². The number of nitrogens with one attached hydrogen (secondary N) is 2. The zero-order valence-electron chi connectivity index (χ0n) is 13.8. The van der Waals surface area contributed by atoms with Gasteiger partial charge in [0.15, 0.2) is 0 Å². The molecule has 2 heterocycles. The van der Waals surface area contributed by atoms with Crippen molar-refractivity contribution in [1.29, 1.82) is 0 Å². The first kappa shape index (κ1) is 18.4. The Hall–Kier alpha value is -2.38. The lowest BCUT2D eigenvalue weighted by Crippen LogP contribution is -2.43. The van der Waals surface area contributed by atoms with E-state index < -0.39 is 17.9 Å². The van der Waals surface area contributed by atoms with Gasteiger partial charge in [0.05, 0.1) is 7.11 Å². The first-order valence-electron chi connectivity index (χ1n) is 7.73. The Labute approximate surface area is 163 Å². The van der Waals surface area contributed by atoms with E-state index in [0.717, 1.165) is 20.9 Å². The van der Waals surface area contributed by atoms with Crippen molar-refractivity contribution >= 4 is 50.3 Å². The molecule has 0 saturated carbocycles. The fourth-order valence-electron chi connectivity index (χ4n) is 2.64. The first-order chi connectivity index (χ1) is 12.5. The molecule has 26 heavy (non-hydrogen) atoms. The van der Waals surface area contributed by atoms with Gasteiger partial charge in [-0.05, 0) is 35.9 Å². The third-order valence-electron chi connectivity index (χ3n) is 3.90. The van der Waals surface area contributed by atoms with E-state index in [2.05, 4.69) is 31.2 Å². The molecule has 0 spiro atoms. The second-order valence-corrected chi connectivity index (χ2v) is 6.97. The van der Waals surface area contributed by atoms with Crippen molar-refractivity contribution in [2.75, 3.05) is 7.11 Å². The zero-order valence-corrected chi connectivity index (χ0v) is 16.1. The number of hydrogen-bond donors (Lipinski definition) is 2. The van der Waals surface area contributed by atoms with Crippen molar-refractivity contribution in [3.63, 3.8) is 0 Å². The van der Waals surface area contributed by atoms with E-state index in [9.17, 15) is 9.59 Å². The molecule has 0 aliphatic carbocycles. The lowest BCUT2D eigenvalue weighted by Gasteiger charge is -2.16. The molecule has 0 saturated heterocycles. The van der Waals surface area contributed by atoms with Gasteiger partial charge >= 0.3 is 5.97 Å². The fourth-order valence-corrected chi connectivity index (χ4v) is 3.16. The number of H-pyrrole nitrogens is 1. The van der Waals surface area contributed by atoms with Crippen LogP contribution in [0.3, 0.4) is 0 Å². The highest BCUT2D eigenvalue weighted by molar-refractivity contribution is 9.10. The lowest BCUT2D eigenvalue weighted by molar-refractivity contribution is -0.142. The van der Waals surface area contributed by atoms with Crippen LogP contribution in [0.15, 0.2) is 47.2 Å². The number of ether oxygens (including phenoxy) is 1. The molecular weight excluding hydrogens is 422 g/mol. The van der Waals surface area contributed by atoms with Gasteiger partial charge in [-0.25, -0.2) is 4.79 Å². The Kier molecular flexibility index (Phi) is 5.58. The minimum Gasteiger partial charge on any atom is -0.467 e. The van der Waals surface area contributed by atoms with Gasteiger partial charge in [0.2, 0.25) is 0 Å². The van der Waals surface area contributed by atoms with E-state index >= 15 is 0 Å². The maximum atomic E-state index is 12.4. The molecule has 1 amide bonds. The highest BCUT2D eigenvalue weighted by Gasteiger charge is 2.24. The maximum absolute atomic E-state index is 12.4. The second-order valence-electron chi connectivity index (χ2n) is 5.62. The van der Waals surface area contributed by atoms with E-state index in [1.54, 1.807) is 6.07 Å². The number of esters is 1. The Morgan fingerprint density at radius 1 is 1.35 bits per heavy atom. The van der Waals surface area contributed by atoms with Gasteiger partial charge in [0, 0.05) is 39.2 Å². The van der Waals surface area contributed by atoms with Crippen LogP contribution in [-0.2, 0) is 16.0 Å². The number of carbonyl (C=O) groups is 2. The molecule has 0 bridgehead atoms. The highest BCUT2D eigenvalue weighted by atomic mass is 79.9. The largest absolute Gasteiger partial charge is 0.467 e. The molecule has 0 aliphatic rings. The van der Waals surface area contributed by atoms with Gasteiger partial charge < -0.3 is 15.0 Å². The third-order valence-corrected chi connectivity index (χ3v) is 4.63. The van der Waals surface area contributed by atoms with E-state index in [1.165, 1.54) is 19.4 Å². The molecule has 3 rings (SSSR count). The molecule has 1 unspecified atom stereocenters. The summed E-state index contributed by atoms with van der Waals surface area (Å²) in [6.45, 7) is 0. The topological polar surface area (TPSA) is 84.1 Å². The van der Waals surface area contributed by atoms with Crippen LogP contribution < -0.4 is 5.32 Å². The number of benzene rings is 1. The predicted molar refractivity (Wildman–Crippen MR) is 102 cm³/mol. The smallest absolute Gasteiger partial charge is 0.328 e. The van der Waals surface area contributed by atoms with Gasteiger partial charge in [-0.15, -0.1) is 0 Å². The normalized spacial score (nSPS) is 12.0. The van der Waals surface area contributed by atoms with Gasteiger partial charge in [0.25, 0.3) is 5.91 Å². The molecular formula is C18H15BrClN3O3. The summed E-state index contributed by atoms with van der Waals surface area (Å²) in [4.78, 5) is 31.7. The summed E-state index contributed by atoms with van der Waals surface area (Å²) in [5, 5.41) is 4.02. The van der Waals surface area contributed by atoms with Crippen molar-refractivity contribution in [3.8, 4) is 0 Å². The average Bonchev–Trinajstić information content (AvgIpc) is 3.02. The molecule has 8 heteroatoms. The van der Waals surface area contributed by atoms with Crippen LogP contribution in [-0.4, -0.2) is 35.0 Å². The number of hydrogen-bond acceptors (Lipinski definition) is 4. The minimum atomic E-state index is -0.855. The number of amides is 1. The quantitative estimate of drug-likeness (QED) is 0.600. The summed E-state index contributed by atoms with van der Waals surface area (Å²) >= 11 is 9.33. The molecule has 134 valence electrons. The molecule has 2 N–H and O–H groups in total. The standard InChI is InChI=1S/C18H15BrClN3O3/c1-26-18(25)16(23-17(24)15-8-12(20)4-5-21-15)6-10-9-22-14-3-2-11(19)7-13(10)14/h2-5,7-9,16,22H,6H2,1H3,(H,23,24). The molecule has 2 aromatic heterocycles. The summed E-state index contributed by atoms with van der Waals surface area (Å²) in [7, 11) is 1.28. The van der Waals surface area contributed by atoms with Crippen LogP contribution in [0.2, 0.25) is 5.02 Å². The molecule has 1 atom stereocenters. The summed E-state index contributed by atoms with van der Waals surface area (Å²) in [6, 6.07) is 7.97. The average molecular weight is 437 g/mol. The van der Waals surface area contributed by atoms with E-state index in [-0.39, 0.29) is 12.1 Å². The summed E-state index contributed by atoms with van der Waals surface area (Å²) in [6.07, 6.45) is 3.52. The number of methoxy groups -OCH3 is 1. The molecule has 3 aromatic rings. The minimum absolute atomic E-state index is 0.132. The Bertz CT molecular complexity index is 973. The zero-order chi connectivity index (χ0) is 18.7. The summed E-state index contributed by atoms with van der Waals surface area (Å²) in [5.74, 6) is -1.03. The van der Waals surface area contributed by atoms with E-state index in [4.69, 9.17) is 16.3 Å². The number of aromatic nitrogens is 2. The monoisotopic (exact) mass is 435 g/mol. The van der Waals surface area contributed by atoms with Crippen molar-refractivity contribution in [2.45, 2.75) is 12.5 Å². The van der Waals surface area contributed by atoms with Gasteiger partial charge in [-0.1, -0.05) is 27.5 Å². The van der Waals surface area contributed by atoms with Crippen molar-refractivity contribution in [2.24, 2.45) is 0 Å². The number of halogens is 2. The van der Waals surface area contributed by atoms with Gasteiger partial charge in [0.1, 0.15) is 11.7 Å². The maximum Gasteiger partial charge on any atom is 0.328 e. The van der Waals surface area contributed by atoms with Crippen molar-refractivity contribution < 1.29 is 14.3 Å². The van der Waals surface area contributed by atoms with Gasteiger partial charge in [-0.3, -0.25) is 9.78 Å². The third kappa shape index (κ3) is 4.05. The number of nitrogens with zero attached hydrogens (tertiary/aromatic N) is 1. The van der Waals surface area contributed by atoms with Crippen molar-refractivity contribution in [1.82, 2.24) is 15.3 Å². The number of fused-ring (bicyclic) bond motifs is 1.